The van der Waals surface area contributed by atoms with Crippen LogP contribution in [0.2, 0.25) is 5.02 Å². The molecule has 3 fully saturated rings. The summed E-state index contributed by atoms with van der Waals surface area (Å²) in [6, 6.07) is 25.8. The number of carbonyl (C=O) groups excluding carboxylic acids is 2. The summed E-state index contributed by atoms with van der Waals surface area (Å²) in [5.74, 6) is -0.209. The molecule has 6 nitrogen and oxygen atoms in total. The van der Waals surface area contributed by atoms with Gasteiger partial charge in [0.2, 0.25) is 11.8 Å². The number of halogens is 1. The summed E-state index contributed by atoms with van der Waals surface area (Å²) in [5.41, 5.74) is 6.95. The van der Waals surface area contributed by atoms with Crippen molar-refractivity contribution in [3.63, 3.8) is 0 Å². The lowest BCUT2D eigenvalue weighted by atomic mass is 9.67. The highest BCUT2D eigenvalue weighted by molar-refractivity contribution is 6.32. The predicted octanol–water partition coefficient (Wildman–Crippen LogP) is 8.00. The van der Waals surface area contributed by atoms with Crippen LogP contribution in [0.25, 0.3) is 11.6 Å². The zero-order chi connectivity index (χ0) is 33.4. The molecule has 0 radical (unpaired) electrons. The Labute approximate surface area is 289 Å². The van der Waals surface area contributed by atoms with E-state index in [1.54, 1.807) is 17.0 Å². The summed E-state index contributed by atoms with van der Waals surface area (Å²) < 4.78 is 6.57. The molecule has 250 valence electrons. The number of hydrogen-bond donors (Lipinski definition) is 1. The van der Waals surface area contributed by atoms with Crippen LogP contribution in [0.1, 0.15) is 62.6 Å². The van der Waals surface area contributed by atoms with Gasteiger partial charge < -0.3 is 9.84 Å². The topological polar surface area (TPSA) is 70.1 Å². The Morgan fingerprint density at radius 3 is 2.35 bits per heavy atom. The van der Waals surface area contributed by atoms with Crippen LogP contribution in [0.5, 0.6) is 5.75 Å². The number of amides is 2. The van der Waals surface area contributed by atoms with Gasteiger partial charge in [-0.3, -0.25) is 19.4 Å². The van der Waals surface area contributed by atoms with Crippen molar-refractivity contribution in [1.29, 1.82) is 0 Å². The molecule has 3 heterocycles. The minimum absolute atomic E-state index is 0.0212. The number of fused-ring (bicyclic) bond motifs is 3. The van der Waals surface area contributed by atoms with Gasteiger partial charge in [-0.05, 0) is 90.1 Å². The Bertz CT molecular complexity index is 1710. The van der Waals surface area contributed by atoms with Gasteiger partial charge in [-0.1, -0.05) is 91.7 Å². The monoisotopic (exact) mass is 664 g/mol. The van der Waals surface area contributed by atoms with Crippen molar-refractivity contribution in [1.82, 2.24) is 9.80 Å². The second kappa shape index (κ2) is 14.0. The Kier molecular flexibility index (Phi) is 9.59. The number of likely N-dealkylation sites (tertiary alicyclic amines) is 2. The average Bonchev–Trinajstić information content (AvgIpc) is 3.62. The van der Waals surface area contributed by atoms with Gasteiger partial charge in [0.25, 0.3) is 0 Å². The lowest BCUT2D eigenvalue weighted by molar-refractivity contribution is -0.144. The standard InChI is InChI=1S/C41H45ClN2O4/c1-26(2)33-23-34-39(41(47)44(40(34)46)31-17-19-43(20-18-31)24-27-9-5-3-6-10-27)35-25-48-37(38(33)35)16-14-29(28-11-7-4-8-12-28)21-30-13-15-32(45)22-36(30)42/h3-13,15,21-22,26,31,34-35,37,39,45H,14,16-20,23-25H2,1-2H3/b29-21-/t34-,35+,37-,39-/m1/s1. The lowest BCUT2D eigenvalue weighted by Gasteiger charge is -2.36. The molecule has 7 heteroatoms. The van der Waals surface area contributed by atoms with E-state index >= 15 is 0 Å². The van der Waals surface area contributed by atoms with Crippen molar-refractivity contribution in [2.75, 3.05) is 19.7 Å². The Hall–Kier alpha value is -3.71. The number of phenolic OH excluding ortho intramolecular Hbond substituents is 1. The van der Waals surface area contributed by atoms with Gasteiger partial charge in [0.1, 0.15) is 5.75 Å². The maximum atomic E-state index is 14.2. The highest BCUT2D eigenvalue weighted by atomic mass is 35.5. The highest BCUT2D eigenvalue weighted by Gasteiger charge is 2.58. The second-order valence-electron chi connectivity index (χ2n) is 14.2. The molecule has 3 aliphatic heterocycles. The first-order chi connectivity index (χ1) is 23.3. The third-order valence-corrected chi connectivity index (χ3v) is 11.3. The van der Waals surface area contributed by atoms with Gasteiger partial charge in [0, 0.05) is 31.6 Å². The minimum atomic E-state index is -0.331. The second-order valence-corrected chi connectivity index (χ2v) is 14.6. The van der Waals surface area contributed by atoms with Crippen LogP contribution in [0.4, 0.5) is 0 Å². The average molecular weight is 665 g/mol. The van der Waals surface area contributed by atoms with Crippen LogP contribution in [0.15, 0.2) is 90.0 Å². The molecular weight excluding hydrogens is 620 g/mol. The molecule has 7 rings (SSSR count). The number of aromatic hydroxyl groups is 1. The number of carbonyl (C=O) groups is 2. The van der Waals surface area contributed by atoms with Crippen LogP contribution in [0, 0.1) is 23.7 Å². The Morgan fingerprint density at radius 2 is 1.67 bits per heavy atom. The SMILES string of the molecule is CC(C)C1=C2[C@@H](CC/C(=C/c3ccc(O)cc3Cl)c3ccccc3)OC[C@@H]2[C@@H]2C(=O)N(C3CCN(Cc4ccccc4)CC3)C(=O)[C@@H]2C1. The van der Waals surface area contributed by atoms with Gasteiger partial charge in [-0.25, -0.2) is 0 Å². The van der Waals surface area contributed by atoms with Crippen molar-refractivity contribution in [3.8, 4) is 5.75 Å². The molecule has 3 aromatic carbocycles. The minimum Gasteiger partial charge on any atom is -0.508 e. The predicted molar refractivity (Wildman–Crippen MR) is 190 cm³/mol. The fourth-order valence-electron chi connectivity index (χ4n) is 8.58. The van der Waals surface area contributed by atoms with Crippen molar-refractivity contribution in [2.45, 2.75) is 64.6 Å². The molecule has 1 N–H and O–H groups in total. The highest BCUT2D eigenvalue weighted by Crippen LogP contribution is 2.52. The number of benzene rings is 3. The van der Waals surface area contributed by atoms with Crippen molar-refractivity contribution in [3.05, 3.63) is 112 Å². The van der Waals surface area contributed by atoms with E-state index in [9.17, 15) is 14.7 Å². The lowest BCUT2D eigenvalue weighted by Crippen LogP contribution is -2.47. The maximum Gasteiger partial charge on any atom is 0.234 e. The quantitative estimate of drug-likeness (QED) is 0.143. The number of allylic oxidation sites excluding steroid dienone is 2. The molecular formula is C41H45ClN2O4. The summed E-state index contributed by atoms with van der Waals surface area (Å²) in [4.78, 5) is 32.4. The molecule has 0 saturated carbocycles. The Morgan fingerprint density at radius 1 is 0.958 bits per heavy atom. The third-order valence-electron chi connectivity index (χ3n) is 11.0. The molecule has 1 aliphatic carbocycles. The van der Waals surface area contributed by atoms with Gasteiger partial charge in [0.05, 0.1) is 29.6 Å². The molecule has 3 saturated heterocycles. The molecule has 0 spiro atoms. The first kappa shape index (κ1) is 32.8. The first-order valence-corrected chi connectivity index (χ1v) is 17.9. The fourth-order valence-corrected chi connectivity index (χ4v) is 8.81. The van der Waals surface area contributed by atoms with Gasteiger partial charge in [0.15, 0.2) is 0 Å². The summed E-state index contributed by atoms with van der Waals surface area (Å²) in [6.07, 6.45) is 5.81. The summed E-state index contributed by atoms with van der Waals surface area (Å²) in [7, 11) is 0. The van der Waals surface area contributed by atoms with Crippen LogP contribution >= 0.6 is 11.6 Å². The number of hydrogen-bond acceptors (Lipinski definition) is 5. The van der Waals surface area contributed by atoms with E-state index in [1.807, 2.05) is 30.3 Å². The smallest absolute Gasteiger partial charge is 0.234 e. The maximum absolute atomic E-state index is 14.2. The largest absolute Gasteiger partial charge is 0.508 e. The van der Waals surface area contributed by atoms with Crippen LogP contribution < -0.4 is 0 Å². The van der Waals surface area contributed by atoms with Crippen LogP contribution in [-0.2, 0) is 20.9 Å². The van der Waals surface area contributed by atoms with E-state index in [2.05, 4.69) is 61.2 Å². The van der Waals surface area contributed by atoms with E-state index in [0.29, 0.717) is 18.1 Å². The van der Waals surface area contributed by atoms with Crippen molar-refractivity contribution >= 4 is 35.1 Å². The normalized spacial score (nSPS) is 25.2. The fraction of sp³-hybridized carbons (Fsp3) is 0.415. The number of piperidine rings is 1. The van der Waals surface area contributed by atoms with Crippen molar-refractivity contribution < 1.29 is 19.4 Å². The van der Waals surface area contributed by atoms with Crippen molar-refractivity contribution in [2.24, 2.45) is 23.7 Å². The van der Waals surface area contributed by atoms with Gasteiger partial charge in [-0.15, -0.1) is 0 Å². The van der Waals surface area contributed by atoms with E-state index in [-0.39, 0.29) is 53.4 Å². The number of imide groups is 1. The third kappa shape index (κ3) is 6.50. The van der Waals surface area contributed by atoms with E-state index in [4.69, 9.17) is 16.3 Å². The summed E-state index contributed by atoms with van der Waals surface area (Å²) in [6.45, 7) is 7.56. The molecule has 0 unspecified atom stereocenters. The molecule has 4 atom stereocenters. The van der Waals surface area contributed by atoms with Crippen LogP contribution in [0.3, 0.4) is 0 Å². The van der Waals surface area contributed by atoms with E-state index in [1.165, 1.54) is 16.7 Å². The Balaban J connectivity index is 1.08. The molecule has 3 aromatic rings. The molecule has 48 heavy (non-hydrogen) atoms. The van der Waals surface area contributed by atoms with Crippen LogP contribution in [-0.4, -0.2) is 58.6 Å². The molecule has 4 aliphatic rings. The molecule has 2 amide bonds. The number of nitrogens with zero attached hydrogens (tertiary/aromatic N) is 2. The number of phenols is 1. The van der Waals surface area contributed by atoms with E-state index < -0.39 is 0 Å². The van der Waals surface area contributed by atoms with Gasteiger partial charge >= 0.3 is 0 Å². The zero-order valence-electron chi connectivity index (χ0n) is 27.9. The summed E-state index contributed by atoms with van der Waals surface area (Å²) in [5, 5.41) is 10.4. The number of rotatable bonds is 9. The first-order valence-electron chi connectivity index (χ1n) is 17.5. The zero-order valence-corrected chi connectivity index (χ0v) is 28.6. The number of ether oxygens (including phenoxy) is 1. The molecule has 0 aromatic heterocycles. The molecule has 0 bridgehead atoms. The summed E-state index contributed by atoms with van der Waals surface area (Å²) >= 11 is 6.52. The van der Waals surface area contributed by atoms with Gasteiger partial charge in [-0.2, -0.15) is 0 Å². The van der Waals surface area contributed by atoms with E-state index in [0.717, 1.165) is 62.0 Å².